The van der Waals surface area contributed by atoms with Crippen molar-refractivity contribution in [3.05, 3.63) is 41.2 Å². The molecule has 5 heteroatoms. The number of hydrogen-bond donors (Lipinski definition) is 2. The first-order valence-electron chi connectivity index (χ1n) is 6.60. The lowest BCUT2D eigenvalue weighted by Crippen LogP contribution is -2.11. The summed E-state index contributed by atoms with van der Waals surface area (Å²) in [4.78, 5) is 21.0. The molecule has 0 saturated carbocycles. The van der Waals surface area contributed by atoms with E-state index in [-0.39, 0.29) is 5.91 Å². The fraction of sp³-hybridized carbons (Fsp3) is 0.267. The fourth-order valence-electron chi connectivity index (χ4n) is 2.13. The van der Waals surface area contributed by atoms with Crippen LogP contribution >= 0.6 is 0 Å². The van der Waals surface area contributed by atoms with E-state index in [4.69, 9.17) is 0 Å². The van der Waals surface area contributed by atoms with Crippen molar-refractivity contribution in [2.45, 2.75) is 26.7 Å². The maximum atomic E-state index is 12.2. The summed E-state index contributed by atoms with van der Waals surface area (Å²) in [7, 11) is 0. The smallest absolute Gasteiger partial charge is 0.259 e. The maximum Gasteiger partial charge on any atom is 0.259 e. The first-order chi connectivity index (χ1) is 9.54. The number of carbonyl (C=O) groups excluding carboxylic acids is 1. The Kier molecular flexibility index (Phi) is 2.89. The van der Waals surface area contributed by atoms with Crippen LogP contribution in [0.5, 0.6) is 0 Å². The van der Waals surface area contributed by atoms with E-state index in [0.717, 1.165) is 11.3 Å². The van der Waals surface area contributed by atoms with Crippen LogP contribution in [0.25, 0.3) is 0 Å². The van der Waals surface area contributed by atoms with Crippen molar-refractivity contribution in [3.8, 4) is 0 Å². The van der Waals surface area contributed by atoms with Crippen LogP contribution in [0.15, 0.2) is 24.4 Å². The van der Waals surface area contributed by atoms with E-state index < -0.39 is 0 Å². The third kappa shape index (κ3) is 2.11. The normalized spacial score (nSPS) is 13.1. The zero-order valence-electron chi connectivity index (χ0n) is 11.7. The first-order valence-corrected chi connectivity index (χ1v) is 6.60. The van der Waals surface area contributed by atoms with E-state index >= 15 is 0 Å². The van der Waals surface area contributed by atoms with E-state index in [1.165, 1.54) is 0 Å². The van der Waals surface area contributed by atoms with Crippen molar-refractivity contribution in [3.63, 3.8) is 0 Å². The number of aromatic nitrogens is 2. The Morgan fingerprint density at radius 2 is 1.95 bits per heavy atom. The van der Waals surface area contributed by atoms with Gasteiger partial charge in [0.1, 0.15) is 5.82 Å². The molecule has 0 saturated heterocycles. The molecule has 0 aromatic carbocycles. The second-order valence-electron chi connectivity index (χ2n) is 5.25. The number of fused-ring (bicyclic) bond motifs is 2. The number of carbonyl (C=O) groups is 1. The largest absolute Gasteiger partial charge is 0.323 e. The van der Waals surface area contributed by atoms with Gasteiger partial charge in [-0.25, -0.2) is 9.97 Å². The topological polar surface area (TPSA) is 66.9 Å². The molecule has 1 amide bonds. The van der Waals surface area contributed by atoms with Crippen LogP contribution in [0, 0.1) is 6.92 Å². The van der Waals surface area contributed by atoms with Crippen LogP contribution in [-0.2, 0) is 0 Å². The molecule has 102 valence electrons. The summed E-state index contributed by atoms with van der Waals surface area (Å²) in [5.41, 5.74) is 3.16. The number of anilines is 3. The lowest BCUT2D eigenvalue weighted by molar-refractivity contribution is 0.102. The zero-order valence-corrected chi connectivity index (χ0v) is 11.7. The van der Waals surface area contributed by atoms with Crippen molar-refractivity contribution >= 4 is 23.2 Å². The molecule has 1 aliphatic rings. The highest BCUT2D eigenvalue weighted by molar-refractivity contribution is 6.11. The van der Waals surface area contributed by atoms with Crippen molar-refractivity contribution in [1.82, 2.24) is 9.97 Å². The van der Waals surface area contributed by atoms with E-state index in [1.807, 2.05) is 25.3 Å². The summed E-state index contributed by atoms with van der Waals surface area (Å²) in [5, 5.41) is 6.02. The Balaban J connectivity index is 2.10. The molecular weight excluding hydrogens is 252 g/mol. The molecule has 0 aliphatic carbocycles. The second kappa shape index (κ2) is 4.59. The zero-order chi connectivity index (χ0) is 14.3. The van der Waals surface area contributed by atoms with Gasteiger partial charge in [-0.3, -0.25) is 4.79 Å². The molecule has 3 heterocycles. The summed E-state index contributed by atoms with van der Waals surface area (Å²) < 4.78 is 0. The molecule has 1 aliphatic heterocycles. The maximum absolute atomic E-state index is 12.2. The molecule has 0 spiro atoms. The van der Waals surface area contributed by atoms with Crippen LogP contribution in [-0.4, -0.2) is 15.9 Å². The number of nitrogens with zero attached hydrogens (tertiary/aromatic N) is 2. The molecule has 0 atom stereocenters. The minimum atomic E-state index is -0.165. The second-order valence-corrected chi connectivity index (χ2v) is 5.25. The van der Waals surface area contributed by atoms with Crippen molar-refractivity contribution in [2.75, 3.05) is 10.6 Å². The Morgan fingerprint density at radius 3 is 2.70 bits per heavy atom. The number of rotatable bonds is 1. The van der Waals surface area contributed by atoms with Crippen LogP contribution < -0.4 is 10.6 Å². The molecule has 5 nitrogen and oxygen atoms in total. The summed E-state index contributed by atoms with van der Waals surface area (Å²) in [6, 6.07) is 5.55. The third-order valence-corrected chi connectivity index (χ3v) is 3.34. The van der Waals surface area contributed by atoms with Gasteiger partial charge in [0.15, 0.2) is 5.82 Å². The number of nitrogens with one attached hydrogen (secondary N) is 2. The van der Waals surface area contributed by atoms with Gasteiger partial charge < -0.3 is 10.6 Å². The highest BCUT2D eigenvalue weighted by Crippen LogP contribution is 2.31. The van der Waals surface area contributed by atoms with Gasteiger partial charge in [-0.05, 0) is 36.6 Å². The lowest BCUT2D eigenvalue weighted by Gasteiger charge is -2.11. The predicted molar refractivity (Wildman–Crippen MR) is 78.5 cm³/mol. The third-order valence-electron chi connectivity index (χ3n) is 3.34. The number of aryl methyl sites for hydroxylation is 1. The minimum Gasteiger partial charge on any atom is -0.323 e. The molecule has 0 bridgehead atoms. The van der Waals surface area contributed by atoms with Crippen molar-refractivity contribution in [1.29, 1.82) is 0 Å². The molecule has 2 aromatic rings. The van der Waals surface area contributed by atoms with E-state index in [1.54, 1.807) is 6.07 Å². The summed E-state index contributed by atoms with van der Waals surface area (Å²) in [6.45, 7) is 6.07. The highest BCUT2D eigenvalue weighted by atomic mass is 16.1. The Bertz CT molecular complexity index is 694. The molecule has 0 radical (unpaired) electrons. The SMILES string of the molecule is Cc1ccc2c(n1)Nc1ncc(C(C)C)cc1NC2=O. The van der Waals surface area contributed by atoms with Gasteiger partial charge in [0.25, 0.3) is 5.91 Å². The van der Waals surface area contributed by atoms with Gasteiger partial charge >= 0.3 is 0 Å². The summed E-state index contributed by atoms with van der Waals surface area (Å²) in [6.07, 6.45) is 1.82. The number of hydrogen-bond acceptors (Lipinski definition) is 4. The molecule has 2 aromatic heterocycles. The predicted octanol–water partition coefficient (Wildman–Crippen LogP) is 3.22. The molecule has 2 N–H and O–H groups in total. The highest BCUT2D eigenvalue weighted by Gasteiger charge is 2.21. The lowest BCUT2D eigenvalue weighted by atomic mass is 10.1. The standard InChI is InChI=1S/C15H16N4O/c1-8(2)10-6-12-14(16-7-10)19-13-11(15(20)18-12)5-4-9(3)17-13/h4-8H,1-3H3,(H,18,20)(H,16,17,19). The van der Waals surface area contributed by atoms with Crippen molar-refractivity contribution in [2.24, 2.45) is 0 Å². The van der Waals surface area contributed by atoms with Gasteiger partial charge in [-0.1, -0.05) is 13.8 Å². The molecule has 0 unspecified atom stereocenters. The van der Waals surface area contributed by atoms with Gasteiger partial charge in [0.2, 0.25) is 0 Å². The van der Waals surface area contributed by atoms with Gasteiger partial charge in [0, 0.05) is 11.9 Å². The Labute approximate surface area is 117 Å². The molecular formula is C15H16N4O. The quantitative estimate of drug-likeness (QED) is 0.833. The fourth-order valence-corrected chi connectivity index (χ4v) is 2.13. The van der Waals surface area contributed by atoms with Gasteiger partial charge in [0.05, 0.1) is 11.3 Å². The van der Waals surface area contributed by atoms with Crippen LogP contribution in [0.2, 0.25) is 0 Å². The van der Waals surface area contributed by atoms with E-state index in [0.29, 0.717) is 28.8 Å². The number of pyridine rings is 2. The summed E-state index contributed by atoms with van der Waals surface area (Å²) in [5.74, 6) is 1.36. The molecule has 20 heavy (non-hydrogen) atoms. The average Bonchev–Trinajstić information content (AvgIpc) is 2.53. The minimum absolute atomic E-state index is 0.165. The first kappa shape index (κ1) is 12.6. The molecule has 3 rings (SSSR count). The van der Waals surface area contributed by atoms with Gasteiger partial charge in [-0.15, -0.1) is 0 Å². The van der Waals surface area contributed by atoms with E-state index in [2.05, 4.69) is 34.4 Å². The average molecular weight is 268 g/mol. The van der Waals surface area contributed by atoms with Gasteiger partial charge in [-0.2, -0.15) is 0 Å². The van der Waals surface area contributed by atoms with Crippen LogP contribution in [0.3, 0.4) is 0 Å². The van der Waals surface area contributed by atoms with E-state index in [9.17, 15) is 4.79 Å². The molecule has 0 fully saturated rings. The Morgan fingerprint density at radius 1 is 1.15 bits per heavy atom. The van der Waals surface area contributed by atoms with Crippen LogP contribution in [0.4, 0.5) is 17.3 Å². The monoisotopic (exact) mass is 268 g/mol. The Hall–Kier alpha value is -2.43. The number of amides is 1. The van der Waals surface area contributed by atoms with Crippen molar-refractivity contribution < 1.29 is 4.79 Å². The van der Waals surface area contributed by atoms with Crippen LogP contribution in [0.1, 0.15) is 41.4 Å². The summed E-state index contributed by atoms with van der Waals surface area (Å²) >= 11 is 0.